The molecule has 0 radical (unpaired) electrons. The van der Waals surface area contributed by atoms with Crippen LogP contribution in [0.2, 0.25) is 0 Å². The number of benzene rings is 1. The SMILES string of the molecule is Cc1cnc(C(C)NS(=O)(=O)c2ccc3c(c2)CCN3)o1. The molecule has 6 nitrogen and oxygen atoms in total. The van der Waals surface area contributed by atoms with Gasteiger partial charge in [-0.25, -0.2) is 13.4 Å². The third-order valence-corrected chi connectivity index (χ3v) is 4.98. The van der Waals surface area contributed by atoms with Gasteiger partial charge in [0.1, 0.15) is 5.76 Å². The molecule has 0 saturated carbocycles. The molecule has 1 aromatic heterocycles. The first-order chi connectivity index (χ1) is 9.95. The number of sulfonamides is 1. The van der Waals surface area contributed by atoms with E-state index in [1.807, 2.05) is 0 Å². The van der Waals surface area contributed by atoms with Crippen molar-refractivity contribution in [1.82, 2.24) is 9.71 Å². The average Bonchev–Trinajstić information content (AvgIpc) is 3.05. The van der Waals surface area contributed by atoms with Gasteiger partial charge in [0.15, 0.2) is 0 Å². The minimum absolute atomic E-state index is 0.264. The first kappa shape index (κ1) is 14.1. The number of rotatable bonds is 4. The van der Waals surface area contributed by atoms with E-state index in [0.717, 1.165) is 24.2 Å². The fourth-order valence-electron chi connectivity index (χ4n) is 2.37. The lowest BCUT2D eigenvalue weighted by atomic mass is 10.2. The van der Waals surface area contributed by atoms with Crippen molar-refractivity contribution in [3.8, 4) is 0 Å². The van der Waals surface area contributed by atoms with Crippen molar-refractivity contribution in [3.05, 3.63) is 41.6 Å². The van der Waals surface area contributed by atoms with Crippen LogP contribution in [0.15, 0.2) is 33.7 Å². The van der Waals surface area contributed by atoms with Crippen LogP contribution in [0.3, 0.4) is 0 Å². The van der Waals surface area contributed by atoms with Crippen LogP contribution in [0.25, 0.3) is 0 Å². The van der Waals surface area contributed by atoms with E-state index in [1.54, 1.807) is 38.2 Å². The van der Waals surface area contributed by atoms with E-state index in [4.69, 9.17) is 4.42 Å². The molecule has 0 spiro atoms. The van der Waals surface area contributed by atoms with Crippen LogP contribution in [0.5, 0.6) is 0 Å². The van der Waals surface area contributed by atoms with Gasteiger partial charge in [-0.05, 0) is 44.0 Å². The van der Waals surface area contributed by atoms with Crippen LogP contribution >= 0.6 is 0 Å². The number of anilines is 1. The molecule has 7 heteroatoms. The minimum atomic E-state index is -3.60. The molecule has 0 fully saturated rings. The number of aromatic nitrogens is 1. The molecule has 21 heavy (non-hydrogen) atoms. The number of aryl methyl sites for hydroxylation is 1. The Labute approximate surface area is 123 Å². The Bertz CT molecular complexity index is 768. The molecule has 0 amide bonds. The van der Waals surface area contributed by atoms with Crippen molar-refractivity contribution in [2.45, 2.75) is 31.2 Å². The second kappa shape index (κ2) is 5.16. The summed E-state index contributed by atoms with van der Waals surface area (Å²) < 4.78 is 32.8. The lowest BCUT2D eigenvalue weighted by Gasteiger charge is -2.12. The minimum Gasteiger partial charge on any atom is -0.444 e. The first-order valence-corrected chi connectivity index (χ1v) is 8.25. The lowest BCUT2D eigenvalue weighted by molar-refractivity contribution is 0.428. The van der Waals surface area contributed by atoms with Crippen LogP contribution in [0.4, 0.5) is 5.69 Å². The Morgan fingerprint density at radius 2 is 2.24 bits per heavy atom. The van der Waals surface area contributed by atoms with Crippen molar-refractivity contribution in [1.29, 1.82) is 0 Å². The van der Waals surface area contributed by atoms with Crippen LogP contribution in [-0.2, 0) is 16.4 Å². The maximum absolute atomic E-state index is 12.4. The number of nitrogens with one attached hydrogen (secondary N) is 2. The summed E-state index contributed by atoms with van der Waals surface area (Å²) in [6.07, 6.45) is 2.41. The fraction of sp³-hybridized carbons (Fsp3) is 0.357. The summed E-state index contributed by atoms with van der Waals surface area (Å²) in [6, 6.07) is 4.60. The molecule has 1 aliphatic heterocycles. The van der Waals surface area contributed by atoms with E-state index < -0.39 is 16.1 Å². The topological polar surface area (TPSA) is 84.2 Å². The van der Waals surface area contributed by atoms with Crippen LogP contribution in [0.1, 0.15) is 30.2 Å². The second-order valence-corrected chi connectivity index (χ2v) is 6.86. The Balaban J connectivity index is 1.83. The van der Waals surface area contributed by atoms with E-state index in [1.165, 1.54) is 0 Å². The van der Waals surface area contributed by atoms with Crippen LogP contribution in [-0.4, -0.2) is 19.9 Å². The van der Waals surface area contributed by atoms with Gasteiger partial charge >= 0.3 is 0 Å². The Kier molecular flexibility index (Phi) is 3.46. The Morgan fingerprint density at radius 3 is 2.95 bits per heavy atom. The normalized spacial score (nSPS) is 15.5. The predicted molar refractivity (Wildman–Crippen MR) is 78.6 cm³/mol. The van der Waals surface area contributed by atoms with E-state index in [0.29, 0.717) is 11.7 Å². The summed E-state index contributed by atoms with van der Waals surface area (Å²) in [5.74, 6) is 1.01. The molecule has 1 unspecified atom stereocenters. The molecule has 2 heterocycles. The highest BCUT2D eigenvalue weighted by molar-refractivity contribution is 7.89. The van der Waals surface area contributed by atoms with Crippen LogP contribution in [0, 0.1) is 6.92 Å². The molecule has 3 rings (SSSR count). The largest absolute Gasteiger partial charge is 0.444 e. The summed E-state index contributed by atoms with van der Waals surface area (Å²) in [6.45, 7) is 4.32. The Morgan fingerprint density at radius 1 is 1.43 bits per heavy atom. The molecule has 1 atom stereocenters. The number of hydrogen-bond donors (Lipinski definition) is 2. The van der Waals surface area contributed by atoms with E-state index in [9.17, 15) is 8.42 Å². The molecule has 2 aromatic rings. The molecule has 112 valence electrons. The van der Waals surface area contributed by atoms with Gasteiger partial charge in [-0.15, -0.1) is 0 Å². The monoisotopic (exact) mass is 307 g/mol. The summed E-state index contributed by atoms with van der Waals surface area (Å²) >= 11 is 0. The van der Waals surface area contributed by atoms with E-state index >= 15 is 0 Å². The summed E-state index contributed by atoms with van der Waals surface area (Å²) in [5.41, 5.74) is 2.03. The van der Waals surface area contributed by atoms with Crippen molar-refractivity contribution in [3.63, 3.8) is 0 Å². The third kappa shape index (κ3) is 2.79. The third-order valence-electron chi connectivity index (χ3n) is 3.44. The lowest BCUT2D eigenvalue weighted by Crippen LogP contribution is -2.27. The average molecular weight is 307 g/mol. The second-order valence-electron chi connectivity index (χ2n) is 5.15. The molecular formula is C14H17N3O3S. The molecule has 0 bridgehead atoms. The number of hydrogen-bond acceptors (Lipinski definition) is 5. The van der Waals surface area contributed by atoms with Gasteiger partial charge in [0.25, 0.3) is 0 Å². The number of oxazole rings is 1. The standard InChI is InChI=1S/C14H17N3O3S/c1-9-8-16-14(20-9)10(2)17-21(18,19)12-3-4-13-11(7-12)5-6-15-13/h3-4,7-8,10,15,17H,5-6H2,1-2H3. The Hall–Kier alpha value is -1.86. The molecule has 2 N–H and O–H groups in total. The molecule has 1 aliphatic rings. The van der Waals surface area contributed by atoms with Crippen molar-refractivity contribution in [2.75, 3.05) is 11.9 Å². The number of nitrogens with zero attached hydrogens (tertiary/aromatic N) is 1. The molecule has 0 aliphatic carbocycles. The predicted octanol–water partition coefficient (Wildman–Crippen LogP) is 1.99. The summed E-state index contributed by atoms with van der Waals surface area (Å²) in [5, 5.41) is 3.21. The van der Waals surface area contributed by atoms with Gasteiger partial charge in [-0.2, -0.15) is 4.72 Å². The zero-order valence-electron chi connectivity index (χ0n) is 11.9. The maximum Gasteiger partial charge on any atom is 0.241 e. The van der Waals surface area contributed by atoms with E-state index in [-0.39, 0.29) is 4.90 Å². The highest BCUT2D eigenvalue weighted by atomic mass is 32.2. The highest BCUT2D eigenvalue weighted by Gasteiger charge is 2.23. The molecule has 1 aromatic carbocycles. The van der Waals surface area contributed by atoms with Gasteiger partial charge in [0, 0.05) is 12.2 Å². The van der Waals surface area contributed by atoms with Gasteiger partial charge in [0.05, 0.1) is 17.1 Å². The number of fused-ring (bicyclic) bond motifs is 1. The first-order valence-electron chi connectivity index (χ1n) is 6.77. The van der Waals surface area contributed by atoms with Gasteiger partial charge in [-0.3, -0.25) is 0 Å². The summed E-state index contributed by atoms with van der Waals surface area (Å²) in [7, 11) is -3.60. The van der Waals surface area contributed by atoms with Gasteiger partial charge < -0.3 is 9.73 Å². The zero-order valence-corrected chi connectivity index (χ0v) is 12.7. The van der Waals surface area contributed by atoms with Gasteiger partial charge in [0.2, 0.25) is 15.9 Å². The van der Waals surface area contributed by atoms with Crippen molar-refractivity contribution < 1.29 is 12.8 Å². The fourth-order valence-corrected chi connectivity index (χ4v) is 3.62. The van der Waals surface area contributed by atoms with Crippen LogP contribution < -0.4 is 10.0 Å². The van der Waals surface area contributed by atoms with E-state index in [2.05, 4.69) is 15.0 Å². The zero-order chi connectivity index (χ0) is 15.0. The van der Waals surface area contributed by atoms with Crippen molar-refractivity contribution in [2.24, 2.45) is 0 Å². The maximum atomic E-state index is 12.4. The van der Waals surface area contributed by atoms with Crippen molar-refractivity contribution >= 4 is 15.7 Å². The molecule has 0 saturated heterocycles. The quantitative estimate of drug-likeness (QED) is 0.902. The van der Waals surface area contributed by atoms with Gasteiger partial charge in [-0.1, -0.05) is 0 Å². The summed E-state index contributed by atoms with van der Waals surface area (Å²) in [4.78, 5) is 4.31. The smallest absolute Gasteiger partial charge is 0.241 e. The molecular weight excluding hydrogens is 290 g/mol. The highest BCUT2D eigenvalue weighted by Crippen LogP contribution is 2.25.